The van der Waals surface area contributed by atoms with Crippen molar-refractivity contribution in [1.82, 2.24) is 0 Å². The Kier molecular flexibility index (Phi) is 2.50. The van der Waals surface area contributed by atoms with Crippen LogP contribution in [0.25, 0.3) is 0 Å². The van der Waals surface area contributed by atoms with Gasteiger partial charge in [0.25, 0.3) is 0 Å². The van der Waals surface area contributed by atoms with Gasteiger partial charge in [-0.05, 0) is 18.3 Å². The van der Waals surface area contributed by atoms with Gasteiger partial charge in [0.05, 0.1) is 5.75 Å². The van der Waals surface area contributed by atoms with E-state index in [9.17, 15) is 13.5 Å². The summed E-state index contributed by atoms with van der Waals surface area (Å²) in [5, 5.41) is 9.19. The minimum absolute atomic E-state index is 0.107. The van der Waals surface area contributed by atoms with Crippen molar-refractivity contribution in [3.05, 3.63) is 0 Å². The summed E-state index contributed by atoms with van der Waals surface area (Å²) in [5.41, 5.74) is -0.0114. The van der Waals surface area contributed by atoms with E-state index in [2.05, 4.69) is 13.8 Å². The molecule has 78 valence electrons. The van der Waals surface area contributed by atoms with Crippen LogP contribution in [-0.4, -0.2) is 32.1 Å². The molecule has 0 radical (unpaired) electrons. The van der Waals surface area contributed by atoms with Crippen LogP contribution in [0.15, 0.2) is 0 Å². The van der Waals surface area contributed by atoms with Crippen molar-refractivity contribution in [3.63, 3.8) is 0 Å². The first-order valence-electron chi connectivity index (χ1n) is 4.51. The smallest absolute Gasteiger partial charge is 0.147 e. The maximum Gasteiger partial charge on any atom is 0.147 e. The molecule has 0 saturated heterocycles. The van der Waals surface area contributed by atoms with E-state index in [0.29, 0.717) is 6.42 Å². The molecule has 0 aromatic rings. The fourth-order valence-electron chi connectivity index (χ4n) is 1.96. The van der Waals surface area contributed by atoms with Crippen LogP contribution >= 0.6 is 0 Å². The number of hydrogen-bond donors (Lipinski definition) is 1. The van der Waals surface area contributed by atoms with Gasteiger partial charge in [0.15, 0.2) is 0 Å². The molecule has 1 rings (SSSR count). The molecule has 13 heavy (non-hydrogen) atoms. The molecule has 0 spiro atoms. The summed E-state index contributed by atoms with van der Waals surface area (Å²) in [4.78, 5) is 0. The van der Waals surface area contributed by atoms with Crippen molar-refractivity contribution in [2.24, 2.45) is 10.8 Å². The maximum absolute atomic E-state index is 11.0. The molecule has 1 aliphatic carbocycles. The predicted octanol–water partition coefficient (Wildman–Crippen LogP) is 0.830. The van der Waals surface area contributed by atoms with Gasteiger partial charge in [-0.2, -0.15) is 0 Å². The first-order chi connectivity index (χ1) is 5.72. The standard InChI is InChI=1S/C9H18O3S/c1-8(2)6-9(8,7-10)4-5-13(3,11)12/h10H,4-7H2,1-3H3. The fraction of sp³-hybridized carbons (Fsp3) is 1.00. The summed E-state index contributed by atoms with van der Waals surface area (Å²) in [6.45, 7) is 4.26. The summed E-state index contributed by atoms with van der Waals surface area (Å²) in [6.07, 6.45) is 2.77. The molecule has 0 aromatic carbocycles. The molecule has 4 heteroatoms. The van der Waals surface area contributed by atoms with Gasteiger partial charge in [0.2, 0.25) is 0 Å². The molecule has 1 atom stereocenters. The first-order valence-corrected chi connectivity index (χ1v) is 6.57. The van der Waals surface area contributed by atoms with Crippen molar-refractivity contribution in [1.29, 1.82) is 0 Å². The van der Waals surface area contributed by atoms with Gasteiger partial charge in [0, 0.05) is 18.3 Å². The Morgan fingerprint density at radius 2 is 1.85 bits per heavy atom. The summed E-state index contributed by atoms with van der Waals surface area (Å²) in [5.74, 6) is 0.191. The molecule has 0 heterocycles. The number of sulfone groups is 1. The largest absolute Gasteiger partial charge is 0.396 e. The van der Waals surface area contributed by atoms with E-state index >= 15 is 0 Å². The van der Waals surface area contributed by atoms with Crippen LogP contribution in [0, 0.1) is 10.8 Å². The Morgan fingerprint density at radius 1 is 1.38 bits per heavy atom. The average Bonchev–Trinajstić information content (AvgIpc) is 2.49. The number of aliphatic hydroxyl groups excluding tert-OH is 1. The van der Waals surface area contributed by atoms with Crippen LogP contribution in [0.3, 0.4) is 0 Å². The third-order valence-corrected chi connectivity index (χ3v) is 4.29. The zero-order valence-electron chi connectivity index (χ0n) is 8.50. The number of hydrogen-bond acceptors (Lipinski definition) is 3. The molecule has 0 aliphatic heterocycles. The topological polar surface area (TPSA) is 54.4 Å². The Hall–Kier alpha value is -0.0900. The molecule has 1 unspecified atom stereocenters. The van der Waals surface area contributed by atoms with Crippen molar-refractivity contribution in [2.45, 2.75) is 26.7 Å². The van der Waals surface area contributed by atoms with Gasteiger partial charge in [0.1, 0.15) is 9.84 Å². The fourth-order valence-corrected chi connectivity index (χ4v) is 2.72. The zero-order valence-corrected chi connectivity index (χ0v) is 9.32. The summed E-state index contributed by atoms with van der Waals surface area (Å²) in [6, 6.07) is 0. The van der Waals surface area contributed by atoms with Crippen molar-refractivity contribution < 1.29 is 13.5 Å². The lowest BCUT2D eigenvalue weighted by Gasteiger charge is -2.16. The SMILES string of the molecule is CC1(C)CC1(CO)CCS(C)(=O)=O. The highest BCUT2D eigenvalue weighted by Gasteiger charge is 2.60. The second-order valence-electron chi connectivity index (χ2n) is 4.88. The van der Waals surface area contributed by atoms with Crippen molar-refractivity contribution in [3.8, 4) is 0 Å². The Bertz CT molecular complexity index is 292. The number of rotatable bonds is 4. The highest BCUT2D eigenvalue weighted by molar-refractivity contribution is 7.90. The van der Waals surface area contributed by atoms with E-state index in [1.165, 1.54) is 6.26 Å². The summed E-state index contributed by atoms with van der Waals surface area (Å²) in [7, 11) is -2.89. The van der Waals surface area contributed by atoms with E-state index in [1.54, 1.807) is 0 Å². The second-order valence-corrected chi connectivity index (χ2v) is 7.14. The molecule has 1 saturated carbocycles. The lowest BCUT2D eigenvalue weighted by molar-refractivity contribution is 0.177. The molecule has 1 aliphatic rings. The van der Waals surface area contributed by atoms with Gasteiger partial charge in [-0.3, -0.25) is 0 Å². The molecule has 3 nitrogen and oxygen atoms in total. The van der Waals surface area contributed by atoms with Gasteiger partial charge in [-0.1, -0.05) is 13.8 Å². The molecule has 0 bridgehead atoms. The third kappa shape index (κ3) is 2.23. The van der Waals surface area contributed by atoms with Crippen LogP contribution in [0.2, 0.25) is 0 Å². The molecule has 0 aromatic heterocycles. The van der Waals surface area contributed by atoms with Gasteiger partial charge in [-0.15, -0.1) is 0 Å². The van der Waals surface area contributed by atoms with Crippen LogP contribution in [-0.2, 0) is 9.84 Å². The van der Waals surface area contributed by atoms with E-state index in [0.717, 1.165) is 6.42 Å². The highest BCUT2D eigenvalue weighted by atomic mass is 32.2. The normalized spacial score (nSPS) is 31.7. The molecular weight excluding hydrogens is 188 g/mol. The Morgan fingerprint density at radius 3 is 2.08 bits per heavy atom. The van der Waals surface area contributed by atoms with Crippen LogP contribution in [0.5, 0.6) is 0 Å². The average molecular weight is 206 g/mol. The van der Waals surface area contributed by atoms with Gasteiger partial charge < -0.3 is 5.11 Å². The minimum Gasteiger partial charge on any atom is -0.396 e. The lowest BCUT2D eigenvalue weighted by Crippen LogP contribution is -2.18. The number of aliphatic hydroxyl groups is 1. The van der Waals surface area contributed by atoms with Crippen LogP contribution < -0.4 is 0 Å². The molecule has 1 N–H and O–H groups in total. The predicted molar refractivity (Wildman–Crippen MR) is 52.2 cm³/mol. The lowest BCUT2D eigenvalue weighted by atomic mass is 9.94. The van der Waals surface area contributed by atoms with E-state index in [-0.39, 0.29) is 23.2 Å². The van der Waals surface area contributed by atoms with Crippen molar-refractivity contribution >= 4 is 9.84 Å². The quantitative estimate of drug-likeness (QED) is 0.741. The van der Waals surface area contributed by atoms with Crippen molar-refractivity contribution in [2.75, 3.05) is 18.6 Å². The van der Waals surface area contributed by atoms with Gasteiger partial charge >= 0.3 is 0 Å². The summed E-state index contributed by atoms with van der Waals surface area (Å²) < 4.78 is 21.9. The maximum atomic E-state index is 11.0. The zero-order chi connectivity index (χ0) is 10.3. The van der Waals surface area contributed by atoms with Crippen LogP contribution in [0.4, 0.5) is 0 Å². The minimum atomic E-state index is -2.89. The second kappa shape index (κ2) is 2.95. The summed E-state index contributed by atoms with van der Waals surface area (Å²) >= 11 is 0. The molecule has 0 amide bonds. The van der Waals surface area contributed by atoms with E-state index in [1.807, 2.05) is 0 Å². The highest BCUT2D eigenvalue weighted by Crippen LogP contribution is 2.65. The molecule has 1 fully saturated rings. The Labute approximate surface area is 80.1 Å². The van der Waals surface area contributed by atoms with E-state index in [4.69, 9.17) is 0 Å². The third-order valence-electron chi connectivity index (χ3n) is 3.35. The molecular formula is C9H18O3S. The van der Waals surface area contributed by atoms with E-state index < -0.39 is 9.84 Å². The first kappa shape index (κ1) is 11.0. The Balaban J connectivity index is 2.55. The van der Waals surface area contributed by atoms with Crippen LogP contribution in [0.1, 0.15) is 26.7 Å². The van der Waals surface area contributed by atoms with Gasteiger partial charge in [-0.25, -0.2) is 8.42 Å². The monoisotopic (exact) mass is 206 g/mol.